The number of hydrogen-bond donors (Lipinski definition) is 2. The van der Waals surface area contributed by atoms with Gasteiger partial charge in [0.2, 0.25) is 5.91 Å². The molecule has 1 heterocycles. The maximum atomic E-state index is 12.7. The third-order valence-electron chi connectivity index (χ3n) is 5.18. The van der Waals surface area contributed by atoms with Crippen molar-refractivity contribution in [1.29, 1.82) is 0 Å². The van der Waals surface area contributed by atoms with Crippen molar-refractivity contribution in [2.45, 2.75) is 24.5 Å². The second-order valence-corrected chi connectivity index (χ2v) is 8.52. The Kier molecular flexibility index (Phi) is 7.49. The first-order valence-corrected chi connectivity index (χ1v) is 11.9. The number of aliphatic carboxylic acids is 1. The molecule has 0 bridgehead atoms. The number of thioether (sulfide) groups is 1. The van der Waals surface area contributed by atoms with Gasteiger partial charge in [-0.2, -0.15) is 0 Å². The molecule has 0 spiro atoms. The summed E-state index contributed by atoms with van der Waals surface area (Å²) in [6.45, 7) is 2.52. The molecule has 1 aromatic heterocycles. The summed E-state index contributed by atoms with van der Waals surface area (Å²) < 4.78 is 7.53. The predicted molar refractivity (Wildman–Crippen MR) is 133 cm³/mol. The molecule has 0 saturated heterocycles. The molecule has 2 N–H and O–H groups in total. The number of fused-ring (bicyclic) bond motifs is 1. The minimum Gasteiger partial charge on any atom is -0.494 e. The molecule has 0 saturated carbocycles. The number of rotatable bonds is 10. The van der Waals surface area contributed by atoms with E-state index in [1.165, 1.54) is 11.8 Å². The van der Waals surface area contributed by atoms with Crippen LogP contribution in [-0.2, 0) is 16.0 Å². The smallest absolute Gasteiger partial charge is 0.326 e. The van der Waals surface area contributed by atoms with E-state index in [0.29, 0.717) is 11.8 Å². The van der Waals surface area contributed by atoms with Gasteiger partial charge in [-0.1, -0.05) is 54.2 Å². The zero-order valence-electron chi connectivity index (χ0n) is 18.7. The highest BCUT2D eigenvalue weighted by atomic mass is 32.2. The molecule has 1 amide bonds. The lowest BCUT2D eigenvalue weighted by Gasteiger charge is -2.15. The summed E-state index contributed by atoms with van der Waals surface area (Å²) in [4.78, 5) is 29.0. The minimum atomic E-state index is -1.07. The third-order valence-corrected chi connectivity index (χ3v) is 6.12. The summed E-state index contributed by atoms with van der Waals surface area (Å²) in [6, 6.07) is 23.7. The van der Waals surface area contributed by atoms with Crippen molar-refractivity contribution in [3.8, 4) is 11.4 Å². The van der Waals surface area contributed by atoms with Gasteiger partial charge in [-0.3, -0.25) is 9.36 Å². The highest BCUT2D eigenvalue weighted by molar-refractivity contribution is 7.99. The molecule has 4 aromatic rings. The van der Waals surface area contributed by atoms with Crippen molar-refractivity contribution < 1.29 is 19.4 Å². The lowest BCUT2D eigenvalue weighted by Crippen LogP contribution is -2.43. The minimum absolute atomic E-state index is 0.0406. The Bertz CT molecular complexity index is 1270. The number of ether oxygens (including phenoxy) is 1. The van der Waals surface area contributed by atoms with E-state index in [2.05, 4.69) is 5.32 Å². The maximum absolute atomic E-state index is 12.7. The average molecular weight is 476 g/mol. The second-order valence-electron chi connectivity index (χ2n) is 7.58. The summed E-state index contributed by atoms with van der Waals surface area (Å²) >= 11 is 1.27. The molecule has 0 aliphatic carbocycles. The van der Waals surface area contributed by atoms with Gasteiger partial charge in [-0.05, 0) is 48.9 Å². The molecule has 0 fully saturated rings. The molecule has 8 heteroatoms. The van der Waals surface area contributed by atoms with E-state index in [9.17, 15) is 14.7 Å². The van der Waals surface area contributed by atoms with Crippen molar-refractivity contribution in [1.82, 2.24) is 14.9 Å². The van der Waals surface area contributed by atoms with Crippen LogP contribution < -0.4 is 10.1 Å². The van der Waals surface area contributed by atoms with Gasteiger partial charge in [0, 0.05) is 12.1 Å². The van der Waals surface area contributed by atoms with E-state index in [0.717, 1.165) is 28.0 Å². The SMILES string of the molecule is CCOc1ccc(-n2c(SCC(=O)N[C@@H](Cc3ccccc3)C(=O)O)nc3ccccc32)cc1. The fourth-order valence-electron chi connectivity index (χ4n) is 3.62. The van der Waals surface area contributed by atoms with Gasteiger partial charge in [0.1, 0.15) is 11.8 Å². The molecule has 4 rings (SSSR count). The van der Waals surface area contributed by atoms with Crippen molar-refractivity contribution in [3.63, 3.8) is 0 Å². The van der Waals surface area contributed by atoms with Crippen molar-refractivity contribution in [2.24, 2.45) is 0 Å². The number of nitrogens with one attached hydrogen (secondary N) is 1. The van der Waals surface area contributed by atoms with E-state index in [4.69, 9.17) is 9.72 Å². The molecule has 174 valence electrons. The van der Waals surface area contributed by atoms with E-state index in [1.807, 2.05) is 90.4 Å². The summed E-state index contributed by atoms with van der Waals surface area (Å²) in [6.07, 6.45) is 0.220. The number of imidazole rings is 1. The number of carboxylic acids is 1. The van der Waals surface area contributed by atoms with Gasteiger partial charge in [-0.15, -0.1) is 0 Å². The Morgan fingerprint density at radius 1 is 1.03 bits per heavy atom. The van der Waals surface area contributed by atoms with Gasteiger partial charge in [0.05, 0.1) is 23.4 Å². The molecule has 0 unspecified atom stereocenters. The lowest BCUT2D eigenvalue weighted by molar-refractivity contribution is -0.141. The standard InChI is InChI=1S/C26H25N3O4S/c1-2-33-20-14-12-19(13-15-20)29-23-11-7-6-10-21(23)28-26(29)34-17-24(30)27-22(25(31)32)16-18-8-4-3-5-9-18/h3-15,22H,2,16-17H2,1H3,(H,27,30)(H,31,32)/t22-/m0/s1. The fourth-order valence-corrected chi connectivity index (χ4v) is 4.46. The Morgan fingerprint density at radius 3 is 2.44 bits per heavy atom. The number of para-hydroxylation sites is 2. The summed E-state index contributed by atoms with van der Waals surface area (Å²) in [7, 11) is 0. The molecule has 7 nitrogen and oxygen atoms in total. The molecular formula is C26H25N3O4S. The van der Waals surface area contributed by atoms with Crippen LogP contribution in [0.25, 0.3) is 16.7 Å². The average Bonchev–Trinajstić information content (AvgIpc) is 3.22. The molecule has 0 aliphatic rings. The van der Waals surface area contributed by atoms with Crippen LogP contribution >= 0.6 is 11.8 Å². The number of benzene rings is 3. The maximum Gasteiger partial charge on any atom is 0.326 e. The van der Waals surface area contributed by atoms with E-state index in [1.54, 1.807) is 0 Å². The van der Waals surface area contributed by atoms with E-state index in [-0.39, 0.29) is 18.1 Å². The van der Waals surface area contributed by atoms with Crippen LogP contribution in [0.15, 0.2) is 84.0 Å². The van der Waals surface area contributed by atoms with Crippen LogP contribution in [0.4, 0.5) is 0 Å². The van der Waals surface area contributed by atoms with Crippen molar-refractivity contribution in [3.05, 3.63) is 84.4 Å². The van der Waals surface area contributed by atoms with Crippen molar-refractivity contribution >= 4 is 34.7 Å². The number of nitrogens with zero attached hydrogens (tertiary/aromatic N) is 2. The third kappa shape index (κ3) is 5.58. The Labute approximate surface area is 201 Å². The van der Waals surface area contributed by atoms with Crippen LogP contribution in [0.2, 0.25) is 0 Å². The Balaban J connectivity index is 1.51. The number of carbonyl (C=O) groups excluding carboxylic acids is 1. The highest BCUT2D eigenvalue weighted by Gasteiger charge is 2.21. The molecule has 1 atom stereocenters. The quantitative estimate of drug-likeness (QED) is 0.332. The summed E-state index contributed by atoms with van der Waals surface area (Å²) in [5, 5.41) is 12.9. The number of hydrogen-bond acceptors (Lipinski definition) is 5. The summed E-state index contributed by atoms with van der Waals surface area (Å²) in [5.74, 6) is -0.608. The van der Waals surface area contributed by atoms with Crippen LogP contribution in [0.3, 0.4) is 0 Å². The van der Waals surface area contributed by atoms with Crippen molar-refractivity contribution in [2.75, 3.05) is 12.4 Å². The topological polar surface area (TPSA) is 93.5 Å². The van der Waals surface area contributed by atoms with Crippen LogP contribution in [-0.4, -0.2) is 44.9 Å². The number of carbonyl (C=O) groups is 2. The molecule has 3 aromatic carbocycles. The predicted octanol–water partition coefficient (Wildman–Crippen LogP) is 4.33. The normalized spacial score (nSPS) is 11.8. The fraction of sp³-hybridized carbons (Fsp3) is 0.192. The largest absolute Gasteiger partial charge is 0.494 e. The van der Waals surface area contributed by atoms with Crippen LogP contribution in [0.1, 0.15) is 12.5 Å². The molecule has 34 heavy (non-hydrogen) atoms. The highest BCUT2D eigenvalue weighted by Crippen LogP contribution is 2.29. The first kappa shape index (κ1) is 23.4. The first-order valence-electron chi connectivity index (χ1n) is 10.9. The van der Waals surface area contributed by atoms with Gasteiger partial charge >= 0.3 is 5.97 Å². The van der Waals surface area contributed by atoms with Crippen LogP contribution in [0.5, 0.6) is 5.75 Å². The first-order chi connectivity index (χ1) is 16.5. The molecule has 0 aliphatic heterocycles. The van der Waals surface area contributed by atoms with Crippen LogP contribution in [0, 0.1) is 0 Å². The second kappa shape index (κ2) is 10.9. The number of aromatic nitrogens is 2. The molecule has 0 radical (unpaired) electrons. The zero-order chi connectivity index (χ0) is 23.9. The Morgan fingerprint density at radius 2 is 1.74 bits per heavy atom. The number of amides is 1. The van der Waals surface area contributed by atoms with E-state index < -0.39 is 12.0 Å². The van der Waals surface area contributed by atoms with Gasteiger partial charge in [-0.25, -0.2) is 9.78 Å². The van der Waals surface area contributed by atoms with Gasteiger partial charge in [0.15, 0.2) is 5.16 Å². The summed E-state index contributed by atoms with van der Waals surface area (Å²) in [5.41, 5.74) is 3.47. The molecular weight excluding hydrogens is 450 g/mol. The number of carboxylic acid groups (broad SMARTS) is 1. The Hall–Kier alpha value is -3.78. The monoisotopic (exact) mass is 475 g/mol. The van der Waals surface area contributed by atoms with Gasteiger partial charge < -0.3 is 15.2 Å². The van der Waals surface area contributed by atoms with Gasteiger partial charge in [0.25, 0.3) is 0 Å². The lowest BCUT2D eigenvalue weighted by atomic mass is 10.1. The van der Waals surface area contributed by atoms with E-state index >= 15 is 0 Å². The zero-order valence-corrected chi connectivity index (χ0v) is 19.5.